The van der Waals surface area contributed by atoms with Crippen molar-refractivity contribution in [3.63, 3.8) is 0 Å². The van der Waals surface area contributed by atoms with Crippen molar-refractivity contribution in [1.29, 1.82) is 0 Å². The van der Waals surface area contributed by atoms with E-state index in [4.69, 9.17) is 0 Å². The molecule has 0 fully saturated rings. The summed E-state index contributed by atoms with van der Waals surface area (Å²) in [6.07, 6.45) is 2.20. The molecule has 110 valence electrons. The van der Waals surface area contributed by atoms with Crippen LogP contribution < -0.4 is 0 Å². The average molecular weight is 284 g/mol. The van der Waals surface area contributed by atoms with Crippen LogP contribution in [0, 0.1) is 5.92 Å². The Kier molecular flexibility index (Phi) is 4.99. The molecule has 1 unspecified atom stereocenters. The summed E-state index contributed by atoms with van der Waals surface area (Å²) in [6.45, 7) is 2.13. The van der Waals surface area contributed by atoms with Crippen molar-refractivity contribution in [2.24, 2.45) is 5.92 Å². The maximum absolute atomic E-state index is 12.1. The van der Waals surface area contributed by atoms with Crippen molar-refractivity contribution in [2.45, 2.75) is 26.2 Å². The van der Waals surface area contributed by atoms with Gasteiger partial charge in [0.05, 0.1) is 0 Å². The van der Waals surface area contributed by atoms with Gasteiger partial charge in [-0.05, 0) is 42.5 Å². The molecule has 0 heterocycles. The highest BCUT2D eigenvalue weighted by atomic mass is 16.3. The molecular weight excluding hydrogens is 264 g/mol. The van der Waals surface area contributed by atoms with Crippen LogP contribution in [0.3, 0.4) is 0 Å². The fourth-order valence-electron chi connectivity index (χ4n) is 2.34. The van der Waals surface area contributed by atoms with Gasteiger partial charge in [-0.2, -0.15) is 0 Å². The molecule has 0 saturated heterocycles. The molecule has 0 aromatic heterocycles. The summed E-state index contributed by atoms with van der Waals surface area (Å²) in [4.78, 5) is 12.1. The van der Waals surface area contributed by atoms with E-state index in [2.05, 4.69) is 19.1 Å². The summed E-state index contributed by atoms with van der Waals surface area (Å²) in [6, 6.07) is 14.4. The van der Waals surface area contributed by atoms with Crippen LogP contribution in [0.4, 0.5) is 0 Å². The van der Waals surface area contributed by atoms with Crippen LogP contribution >= 0.6 is 0 Å². The second kappa shape index (κ2) is 6.93. The third kappa shape index (κ3) is 4.35. The minimum Gasteiger partial charge on any atom is -0.504 e. The third-order valence-electron chi connectivity index (χ3n) is 3.59. The number of hydrogen-bond acceptors (Lipinski definition) is 3. The highest BCUT2D eigenvalue weighted by Crippen LogP contribution is 2.26. The molecule has 2 aromatic carbocycles. The first-order chi connectivity index (χ1) is 10.1. The SMILES string of the molecule is CC(CCC(=O)c1ccc(O)c(O)c1)Cc1ccccc1. The Bertz CT molecular complexity index is 605. The molecule has 0 bridgehead atoms. The van der Waals surface area contributed by atoms with Gasteiger partial charge in [0.2, 0.25) is 0 Å². The maximum atomic E-state index is 12.1. The molecular formula is C18H20O3. The lowest BCUT2D eigenvalue weighted by atomic mass is 9.94. The van der Waals surface area contributed by atoms with Gasteiger partial charge >= 0.3 is 0 Å². The lowest BCUT2D eigenvalue weighted by molar-refractivity contribution is 0.0974. The first-order valence-corrected chi connectivity index (χ1v) is 7.15. The van der Waals surface area contributed by atoms with E-state index in [1.807, 2.05) is 18.2 Å². The molecule has 0 radical (unpaired) electrons. The Morgan fingerprint density at radius 3 is 2.43 bits per heavy atom. The van der Waals surface area contributed by atoms with Crippen LogP contribution in [0.5, 0.6) is 11.5 Å². The molecule has 0 aliphatic rings. The number of phenols is 2. The summed E-state index contributed by atoms with van der Waals surface area (Å²) in [5.41, 5.74) is 1.72. The van der Waals surface area contributed by atoms with Gasteiger partial charge in [-0.1, -0.05) is 37.3 Å². The van der Waals surface area contributed by atoms with Crippen LogP contribution in [0.2, 0.25) is 0 Å². The van der Waals surface area contributed by atoms with Crippen molar-refractivity contribution in [2.75, 3.05) is 0 Å². The Hall–Kier alpha value is -2.29. The van der Waals surface area contributed by atoms with Gasteiger partial charge in [0, 0.05) is 12.0 Å². The largest absolute Gasteiger partial charge is 0.504 e. The molecule has 2 rings (SSSR count). The van der Waals surface area contributed by atoms with E-state index in [0.29, 0.717) is 17.9 Å². The quantitative estimate of drug-likeness (QED) is 0.624. The molecule has 0 spiro atoms. The van der Waals surface area contributed by atoms with Crippen molar-refractivity contribution < 1.29 is 15.0 Å². The lowest BCUT2D eigenvalue weighted by Crippen LogP contribution is -2.05. The Morgan fingerprint density at radius 2 is 1.76 bits per heavy atom. The summed E-state index contributed by atoms with van der Waals surface area (Å²) in [5, 5.41) is 18.7. The number of aromatic hydroxyl groups is 2. The number of benzene rings is 2. The molecule has 1 atom stereocenters. The Balaban J connectivity index is 1.87. The van der Waals surface area contributed by atoms with Crippen LogP contribution in [0.15, 0.2) is 48.5 Å². The van der Waals surface area contributed by atoms with Gasteiger partial charge in [0.25, 0.3) is 0 Å². The third-order valence-corrected chi connectivity index (χ3v) is 3.59. The van der Waals surface area contributed by atoms with E-state index in [1.165, 1.54) is 17.7 Å². The molecule has 0 aliphatic heterocycles. The van der Waals surface area contributed by atoms with E-state index in [-0.39, 0.29) is 17.3 Å². The molecule has 0 saturated carbocycles. The zero-order chi connectivity index (χ0) is 15.2. The fraction of sp³-hybridized carbons (Fsp3) is 0.278. The maximum Gasteiger partial charge on any atom is 0.163 e. The second-order valence-electron chi connectivity index (χ2n) is 5.46. The van der Waals surface area contributed by atoms with Crippen LogP contribution in [0.1, 0.15) is 35.7 Å². The normalized spacial score (nSPS) is 12.0. The summed E-state index contributed by atoms with van der Waals surface area (Å²) in [7, 11) is 0. The predicted octanol–water partition coefficient (Wildman–Crippen LogP) is 3.94. The monoisotopic (exact) mass is 284 g/mol. The average Bonchev–Trinajstić information content (AvgIpc) is 2.48. The molecule has 0 amide bonds. The minimum absolute atomic E-state index is 0.00906. The number of ketones is 1. The molecule has 21 heavy (non-hydrogen) atoms. The molecule has 0 aliphatic carbocycles. The first kappa shape index (κ1) is 15.1. The highest BCUT2D eigenvalue weighted by Gasteiger charge is 2.11. The Labute approximate surface area is 124 Å². The number of phenolic OH excluding ortho intramolecular Hbond substituents is 2. The fourth-order valence-corrected chi connectivity index (χ4v) is 2.34. The number of rotatable bonds is 6. The zero-order valence-corrected chi connectivity index (χ0v) is 12.1. The smallest absolute Gasteiger partial charge is 0.163 e. The van der Waals surface area contributed by atoms with Gasteiger partial charge < -0.3 is 10.2 Å². The predicted molar refractivity (Wildman–Crippen MR) is 82.6 cm³/mol. The summed E-state index contributed by atoms with van der Waals surface area (Å²) in [5.74, 6) is -0.0468. The standard InChI is InChI=1S/C18H20O3/c1-13(11-14-5-3-2-4-6-14)7-9-16(19)15-8-10-17(20)18(21)12-15/h2-6,8,10,12-13,20-21H,7,9,11H2,1H3. The number of carbonyl (C=O) groups excluding carboxylic acids is 1. The van der Waals surface area contributed by atoms with Gasteiger partial charge in [-0.15, -0.1) is 0 Å². The highest BCUT2D eigenvalue weighted by molar-refractivity contribution is 5.96. The van der Waals surface area contributed by atoms with Gasteiger partial charge in [-0.3, -0.25) is 4.79 Å². The van der Waals surface area contributed by atoms with Crippen LogP contribution in [0.25, 0.3) is 0 Å². The van der Waals surface area contributed by atoms with Crippen molar-refractivity contribution in [3.05, 3.63) is 59.7 Å². The summed E-state index contributed by atoms with van der Waals surface area (Å²) < 4.78 is 0. The number of carbonyl (C=O) groups is 1. The van der Waals surface area contributed by atoms with E-state index < -0.39 is 0 Å². The molecule has 3 heteroatoms. The van der Waals surface area contributed by atoms with Crippen molar-refractivity contribution >= 4 is 5.78 Å². The first-order valence-electron chi connectivity index (χ1n) is 7.15. The Morgan fingerprint density at radius 1 is 1.05 bits per heavy atom. The topological polar surface area (TPSA) is 57.5 Å². The van der Waals surface area contributed by atoms with E-state index >= 15 is 0 Å². The van der Waals surface area contributed by atoms with Crippen molar-refractivity contribution in [3.8, 4) is 11.5 Å². The zero-order valence-electron chi connectivity index (χ0n) is 12.1. The van der Waals surface area contributed by atoms with E-state index in [0.717, 1.165) is 12.8 Å². The summed E-state index contributed by atoms with van der Waals surface area (Å²) >= 11 is 0. The number of hydrogen-bond donors (Lipinski definition) is 2. The second-order valence-corrected chi connectivity index (χ2v) is 5.46. The van der Waals surface area contributed by atoms with E-state index in [1.54, 1.807) is 6.07 Å². The molecule has 3 nitrogen and oxygen atoms in total. The molecule has 2 N–H and O–H groups in total. The van der Waals surface area contributed by atoms with Gasteiger partial charge in [0.15, 0.2) is 17.3 Å². The van der Waals surface area contributed by atoms with Crippen LogP contribution in [-0.2, 0) is 6.42 Å². The van der Waals surface area contributed by atoms with Gasteiger partial charge in [0.1, 0.15) is 0 Å². The van der Waals surface area contributed by atoms with Gasteiger partial charge in [-0.25, -0.2) is 0 Å². The minimum atomic E-state index is -0.252. The van der Waals surface area contributed by atoms with Crippen molar-refractivity contribution in [1.82, 2.24) is 0 Å². The van der Waals surface area contributed by atoms with Crippen LogP contribution in [-0.4, -0.2) is 16.0 Å². The lowest BCUT2D eigenvalue weighted by Gasteiger charge is -2.11. The van der Waals surface area contributed by atoms with E-state index in [9.17, 15) is 15.0 Å². The number of Topliss-reactive ketones (excluding diaryl/α,β-unsaturated/α-hetero) is 1. The molecule has 2 aromatic rings.